The van der Waals surface area contributed by atoms with Crippen LogP contribution in [0, 0.1) is 5.92 Å². The summed E-state index contributed by atoms with van der Waals surface area (Å²) in [6.07, 6.45) is 0.582. The van der Waals surface area contributed by atoms with Crippen LogP contribution in [0.1, 0.15) is 42.9 Å². The van der Waals surface area contributed by atoms with Gasteiger partial charge in [-0.25, -0.2) is 9.69 Å². The zero-order chi connectivity index (χ0) is 27.9. The van der Waals surface area contributed by atoms with Gasteiger partial charge in [0.1, 0.15) is 19.0 Å². The third-order valence-corrected chi connectivity index (χ3v) is 7.20. The third-order valence-electron chi connectivity index (χ3n) is 7.20. The maximum atomic E-state index is 14.2. The average molecular weight is 534 g/mol. The van der Waals surface area contributed by atoms with Crippen molar-refractivity contribution in [3.63, 3.8) is 0 Å². The van der Waals surface area contributed by atoms with Crippen LogP contribution in [-0.4, -0.2) is 29.5 Å². The summed E-state index contributed by atoms with van der Waals surface area (Å²) in [6, 6.07) is 35.7. The molecule has 2 atom stereocenters. The molecule has 0 unspecified atom stereocenters. The van der Waals surface area contributed by atoms with Crippen molar-refractivity contribution in [2.75, 3.05) is 6.61 Å². The first kappa shape index (κ1) is 27.2. The Bertz CT molecular complexity index is 1420. The van der Waals surface area contributed by atoms with Crippen LogP contribution in [0.15, 0.2) is 109 Å². The molecule has 0 bridgehead atoms. The topological polar surface area (TPSA) is 55.8 Å². The molecule has 4 aromatic carbocycles. The number of cyclic esters (lactones) is 1. The van der Waals surface area contributed by atoms with Gasteiger partial charge in [-0.1, -0.05) is 111 Å². The quantitative estimate of drug-likeness (QED) is 0.210. The lowest BCUT2D eigenvalue weighted by molar-refractivity contribution is -0.131. The van der Waals surface area contributed by atoms with E-state index in [0.29, 0.717) is 25.2 Å². The SMILES string of the molecule is CC(C)C[C@@H](C(=O)N1C(=O)OC[C@H]1Cc1ccccc1)c1cc(OCc2ccccc2)cc(-c2ccccc2)c1. The van der Waals surface area contributed by atoms with Gasteiger partial charge in [-0.15, -0.1) is 0 Å². The van der Waals surface area contributed by atoms with Gasteiger partial charge in [-0.3, -0.25) is 4.79 Å². The lowest BCUT2D eigenvalue weighted by Gasteiger charge is -2.27. The largest absolute Gasteiger partial charge is 0.489 e. The smallest absolute Gasteiger partial charge is 0.417 e. The molecule has 0 N–H and O–H groups in total. The third kappa shape index (κ3) is 6.60. The second-order valence-electron chi connectivity index (χ2n) is 10.7. The summed E-state index contributed by atoms with van der Waals surface area (Å²) in [6.45, 7) is 4.80. The van der Waals surface area contributed by atoms with Gasteiger partial charge in [0.15, 0.2) is 0 Å². The predicted molar refractivity (Wildman–Crippen MR) is 157 cm³/mol. The van der Waals surface area contributed by atoms with E-state index in [9.17, 15) is 9.59 Å². The minimum Gasteiger partial charge on any atom is -0.489 e. The molecule has 5 nitrogen and oxygen atoms in total. The molecule has 0 radical (unpaired) electrons. The summed E-state index contributed by atoms with van der Waals surface area (Å²) in [5.41, 5.74) is 4.96. The van der Waals surface area contributed by atoms with E-state index in [1.165, 1.54) is 4.90 Å². The normalized spacial score (nSPS) is 15.6. The second-order valence-corrected chi connectivity index (χ2v) is 10.7. The number of benzene rings is 4. The molecule has 0 saturated carbocycles. The molecule has 4 aromatic rings. The number of amides is 2. The Morgan fingerprint density at radius 2 is 1.48 bits per heavy atom. The van der Waals surface area contributed by atoms with Gasteiger partial charge in [-0.05, 0) is 58.7 Å². The molecule has 1 fully saturated rings. The standard InChI is InChI=1S/C35H35NO4/c1-25(2)18-33(34(37)36-31(24-40-35(36)38)19-26-12-6-3-7-13-26)30-20-29(28-16-10-5-11-17-28)21-32(22-30)39-23-27-14-8-4-9-15-27/h3-17,20-22,25,31,33H,18-19,23-24H2,1-2H3/t31-,33-/m1/s1. The van der Waals surface area contributed by atoms with Gasteiger partial charge >= 0.3 is 6.09 Å². The van der Waals surface area contributed by atoms with Crippen LogP contribution in [0.4, 0.5) is 4.79 Å². The van der Waals surface area contributed by atoms with E-state index >= 15 is 0 Å². The first-order valence-electron chi connectivity index (χ1n) is 13.9. The average Bonchev–Trinajstić information content (AvgIpc) is 3.35. The van der Waals surface area contributed by atoms with Gasteiger partial charge in [-0.2, -0.15) is 0 Å². The summed E-state index contributed by atoms with van der Waals surface area (Å²) < 4.78 is 11.7. The van der Waals surface area contributed by atoms with Gasteiger partial charge in [0.25, 0.3) is 0 Å². The molecule has 5 rings (SSSR count). The fourth-order valence-corrected chi connectivity index (χ4v) is 5.23. The van der Waals surface area contributed by atoms with Gasteiger partial charge in [0.2, 0.25) is 5.91 Å². The first-order chi connectivity index (χ1) is 19.5. The minimum absolute atomic E-state index is 0.198. The monoisotopic (exact) mass is 533 g/mol. The molecule has 40 heavy (non-hydrogen) atoms. The summed E-state index contributed by atoms with van der Waals surface area (Å²) in [4.78, 5) is 28.5. The fourth-order valence-electron chi connectivity index (χ4n) is 5.23. The first-order valence-corrected chi connectivity index (χ1v) is 13.9. The van der Waals surface area contributed by atoms with E-state index in [4.69, 9.17) is 9.47 Å². The number of nitrogens with zero attached hydrogens (tertiary/aromatic N) is 1. The molecule has 0 aromatic heterocycles. The van der Waals surface area contributed by atoms with Crippen LogP contribution in [0.2, 0.25) is 0 Å². The zero-order valence-electron chi connectivity index (χ0n) is 23.0. The van der Waals surface area contributed by atoms with Crippen molar-refractivity contribution in [1.82, 2.24) is 4.90 Å². The molecule has 1 saturated heterocycles. The zero-order valence-corrected chi connectivity index (χ0v) is 23.0. The van der Waals surface area contributed by atoms with Gasteiger partial charge in [0, 0.05) is 0 Å². The predicted octanol–water partition coefficient (Wildman–Crippen LogP) is 7.65. The molecular formula is C35H35NO4. The molecule has 1 aliphatic heterocycles. The number of carbonyl (C=O) groups excluding carboxylic acids is 2. The summed E-state index contributed by atoms with van der Waals surface area (Å²) in [5, 5.41) is 0. The number of hydrogen-bond donors (Lipinski definition) is 0. The van der Waals surface area contributed by atoms with Crippen molar-refractivity contribution >= 4 is 12.0 Å². The Morgan fingerprint density at radius 1 is 0.850 bits per heavy atom. The highest BCUT2D eigenvalue weighted by molar-refractivity contribution is 5.97. The number of imide groups is 1. The Hall–Kier alpha value is -4.38. The highest BCUT2D eigenvalue weighted by atomic mass is 16.6. The van der Waals surface area contributed by atoms with E-state index in [2.05, 4.69) is 19.9 Å². The second kappa shape index (κ2) is 12.6. The van der Waals surface area contributed by atoms with E-state index < -0.39 is 12.0 Å². The fraction of sp³-hybridized carbons (Fsp3) is 0.257. The molecule has 0 aliphatic carbocycles. The van der Waals surface area contributed by atoms with E-state index in [-0.39, 0.29) is 24.5 Å². The molecule has 1 heterocycles. The number of rotatable bonds is 10. The maximum absolute atomic E-state index is 14.2. The van der Waals surface area contributed by atoms with Gasteiger partial charge in [0.05, 0.1) is 12.0 Å². The maximum Gasteiger partial charge on any atom is 0.417 e. The van der Waals surface area contributed by atoms with Crippen molar-refractivity contribution in [2.24, 2.45) is 5.92 Å². The number of hydrogen-bond acceptors (Lipinski definition) is 4. The van der Waals surface area contributed by atoms with Gasteiger partial charge < -0.3 is 9.47 Å². The van der Waals surface area contributed by atoms with Crippen molar-refractivity contribution in [3.8, 4) is 16.9 Å². The van der Waals surface area contributed by atoms with Crippen LogP contribution in [-0.2, 0) is 22.6 Å². The molecule has 1 aliphatic rings. The Labute approximate surface area is 236 Å². The van der Waals surface area contributed by atoms with Crippen LogP contribution >= 0.6 is 0 Å². The highest BCUT2D eigenvalue weighted by Gasteiger charge is 2.41. The molecule has 204 valence electrons. The van der Waals surface area contributed by atoms with E-state index in [1.807, 2.05) is 103 Å². The molecule has 5 heteroatoms. The lowest BCUT2D eigenvalue weighted by Crippen LogP contribution is -2.43. The summed E-state index contributed by atoms with van der Waals surface area (Å²) in [5.74, 6) is 0.170. The van der Waals surface area contributed by atoms with Crippen molar-refractivity contribution in [3.05, 3.63) is 126 Å². The Balaban J connectivity index is 1.50. The molecular weight excluding hydrogens is 498 g/mol. The van der Waals surface area contributed by atoms with E-state index in [1.54, 1.807) is 0 Å². The van der Waals surface area contributed by atoms with Crippen LogP contribution in [0.5, 0.6) is 5.75 Å². The number of ether oxygens (including phenoxy) is 2. The van der Waals surface area contributed by atoms with Crippen molar-refractivity contribution < 1.29 is 19.1 Å². The Kier molecular flexibility index (Phi) is 8.60. The summed E-state index contributed by atoms with van der Waals surface area (Å²) in [7, 11) is 0. The van der Waals surface area contributed by atoms with Crippen LogP contribution in [0.3, 0.4) is 0 Å². The van der Waals surface area contributed by atoms with Crippen LogP contribution in [0.25, 0.3) is 11.1 Å². The van der Waals surface area contributed by atoms with Crippen molar-refractivity contribution in [1.29, 1.82) is 0 Å². The highest BCUT2D eigenvalue weighted by Crippen LogP contribution is 2.35. The number of carbonyl (C=O) groups is 2. The lowest BCUT2D eigenvalue weighted by atomic mass is 9.87. The summed E-state index contributed by atoms with van der Waals surface area (Å²) >= 11 is 0. The minimum atomic E-state index is -0.570. The van der Waals surface area contributed by atoms with Crippen LogP contribution < -0.4 is 4.74 Å². The van der Waals surface area contributed by atoms with E-state index in [0.717, 1.165) is 27.8 Å². The molecule has 2 amide bonds. The molecule has 0 spiro atoms. The Morgan fingerprint density at radius 3 is 2.12 bits per heavy atom. The van der Waals surface area contributed by atoms with Crippen molar-refractivity contribution in [2.45, 2.75) is 45.3 Å².